The Balaban J connectivity index is 2.04. The topological polar surface area (TPSA) is 85.5 Å². The highest BCUT2D eigenvalue weighted by atomic mass is 32.2. The highest BCUT2D eigenvalue weighted by molar-refractivity contribution is 7.89. The van der Waals surface area contributed by atoms with E-state index >= 15 is 0 Å². The number of sulfonamides is 1. The predicted molar refractivity (Wildman–Crippen MR) is 92.8 cm³/mol. The third kappa shape index (κ3) is 3.41. The second-order valence-electron chi connectivity index (χ2n) is 6.17. The van der Waals surface area contributed by atoms with Gasteiger partial charge < -0.3 is 9.26 Å². The number of methoxy groups -OCH3 is 1. The number of rotatable bonds is 5. The van der Waals surface area contributed by atoms with Crippen molar-refractivity contribution >= 4 is 10.0 Å². The van der Waals surface area contributed by atoms with Crippen LogP contribution in [-0.4, -0.2) is 42.6 Å². The van der Waals surface area contributed by atoms with Crippen LogP contribution in [0, 0.1) is 6.92 Å². The molecule has 0 unspecified atom stereocenters. The zero-order valence-electron chi connectivity index (χ0n) is 14.7. The molecular weight excluding hydrogens is 342 g/mol. The van der Waals surface area contributed by atoms with Gasteiger partial charge in [-0.25, -0.2) is 8.42 Å². The van der Waals surface area contributed by atoms with Crippen LogP contribution in [0.5, 0.6) is 5.75 Å². The fourth-order valence-electron chi connectivity index (χ4n) is 3.26. The Morgan fingerprint density at radius 2 is 2.16 bits per heavy atom. The summed E-state index contributed by atoms with van der Waals surface area (Å²) in [5.41, 5.74) is 0.505. The quantitative estimate of drug-likeness (QED) is 0.810. The normalized spacial score (nSPS) is 19.1. The zero-order chi connectivity index (χ0) is 18.0. The molecule has 25 heavy (non-hydrogen) atoms. The van der Waals surface area contributed by atoms with E-state index in [1.54, 1.807) is 29.4 Å². The average Bonchev–Trinajstić information content (AvgIpc) is 3.07. The van der Waals surface area contributed by atoms with Crippen molar-refractivity contribution in [3.05, 3.63) is 24.1 Å². The lowest BCUT2D eigenvalue weighted by Gasteiger charge is -2.34. The van der Waals surface area contributed by atoms with Crippen LogP contribution in [0.2, 0.25) is 0 Å². The Bertz CT molecular complexity index is 847. The minimum Gasteiger partial charge on any atom is -0.496 e. The fraction of sp³-hybridized carbons (Fsp3) is 0.529. The van der Waals surface area contributed by atoms with Gasteiger partial charge in [-0.05, 0) is 37.5 Å². The maximum Gasteiger partial charge on any atom is 0.243 e. The molecule has 1 aliphatic heterocycles. The zero-order valence-corrected chi connectivity index (χ0v) is 15.5. The van der Waals surface area contributed by atoms with Crippen molar-refractivity contribution in [2.24, 2.45) is 0 Å². The van der Waals surface area contributed by atoms with Gasteiger partial charge in [-0.2, -0.15) is 9.29 Å². The Hall–Kier alpha value is -1.93. The van der Waals surface area contributed by atoms with Gasteiger partial charge in [-0.3, -0.25) is 0 Å². The molecule has 0 amide bonds. The lowest BCUT2D eigenvalue weighted by Crippen LogP contribution is -2.43. The summed E-state index contributed by atoms with van der Waals surface area (Å²) < 4.78 is 38.3. The molecule has 0 saturated carbocycles. The molecule has 2 heterocycles. The van der Waals surface area contributed by atoms with Crippen LogP contribution in [0.25, 0.3) is 11.4 Å². The van der Waals surface area contributed by atoms with Gasteiger partial charge in [-0.15, -0.1) is 0 Å². The van der Waals surface area contributed by atoms with Crippen molar-refractivity contribution in [3.63, 3.8) is 0 Å². The van der Waals surface area contributed by atoms with Gasteiger partial charge >= 0.3 is 0 Å². The van der Waals surface area contributed by atoms with Crippen LogP contribution in [0.1, 0.15) is 38.5 Å². The van der Waals surface area contributed by atoms with Crippen LogP contribution in [-0.2, 0) is 10.0 Å². The highest BCUT2D eigenvalue weighted by Gasteiger charge is 2.33. The number of hydrogen-bond acceptors (Lipinski definition) is 6. The summed E-state index contributed by atoms with van der Waals surface area (Å²) in [4.78, 5) is 4.42. The molecule has 1 aromatic heterocycles. The summed E-state index contributed by atoms with van der Waals surface area (Å²) in [5, 5.41) is 3.89. The molecule has 136 valence electrons. The monoisotopic (exact) mass is 365 g/mol. The number of benzene rings is 1. The number of aryl methyl sites for hydroxylation is 1. The molecule has 0 bridgehead atoms. The van der Waals surface area contributed by atoms with E-state index in [9.17, 15) is 8.42 Å². The van der Waals surface area contributed by atoms with Gasteiger partial charge in [0.05, 0.1) is 17.6 Å². The Kier molecular flexibility index (Phi) is 5.10. The molecular formula is C17H23N3O4S. The number of nitrogens with zero attached hydrogens (tertiary/aromatic N) is 3. The summed E-state index contributed by atoms with van der Waals surface area (Å²) >= 11 is 0. The molecule has 0 aliphatic carbocycles. The first-order valence-corrected chi connectivity index (χ1v) is 9.92. The third-order valence-electron chi connectivity index (χ3n) is 4.59. The summed E-state index contributed by atoms with van der Waals surface area (Å²) in [6.07, 6.45) is 3.68. The van der Waals surface area contributed by atoms with Crippen LogP contribution in [0.4, 0.5) is 0 Å². The lowest BCUT2D eigenvalue weighted by atomic mass is 10.0. The predicted octanol–water partition coefficient (Wildman–Crippen LogP) is 3.01. The molecule has 3 rings (SSSR count). The smallest absolute Gasteiger partial charge is 0.243 e. The van der Waals surface area contributed by atoms with E-state index in [2.05, 4.69) is 10.1 Å². The van der Waals surface area contributed by atoms with Crippen LogP contribution in [0.15, 0.2) is 27.6 Å². The van der Waals surface area contributed by atoms with E-state index in [4.69, 9.17) is 9.26 Å². The summed E-state index contributed by atoms with van der Waals surface area (Å²) in [6.45, 7) is 4.27. The Morgan fingerprint density at radius 1 is 1.36 bits per heavy atom. The average molecular weight is 365 g/mol. The van der Waals surface area contributed by atoms with Gasteiger partial charge in [0.1, 0.15) is 5.75 Å². The first-order valence-electron chi connectivity index (χ1n) is 8.48. The minimum atomic E-state index is -3.58. The van der Waals surface area contributed by atoms with E-state index in [0.29, 0.717) is 29.6 Å². The van der Waals surface area contributed by atoms with Gasteiger partial charge in [0.2, 0.25) is 21.7 Å². The first kappa shape index (κ1) is 17.9. The van der Waals surface area contributed by atoms with Crippen LogP contribution in [0.3, 0.4) is 0 Å². The Labute approximate surface area is 148 Å². The maximum absolute atomic E-state index is 13.2. The van der Waals surface area contributed by atoms with Crippen molar-refractivity contribution in [2.75, 3.05) is 13.7 Å². The number of aromatic nitrogens is 2. The summed E-state index contributed by atoms with van der Waals surface area (Å²) in [5.74, 6) is 1.23. The number of piperidine rings is 1. The molecule has 1 saturated heterocycles. The van der Waals surface area contributed by atoms with Gasteiger partial charge in [-0.1, -0.05) is 18.5 Å². The second-order valence-corrected chi connectivity index (χ2v) is 8.06. The highest BCUT2D eigenvalue weighted by Crippen LogP contribution is 2.33. The molecule has 1 atom stereocenters. The van der Waals surface area contributed by atoms with Gasteiger partial charge in [0.15, 0.2) is 0 Å². The molecule has 0 N–H and O–H groups in total. The molecule has 1 aliphatic rings. The van der Waals surface area contributed by atoms with Crippen LogP contribution < -0.4 is 4.74 Å². The number of hydrogen-bond donors (Lipinski definition) is 0. The first-order chi connectivity index (χ1) is 12.0. The van der Waals surface area contributed by atoms with Crippen molar-refractivity contribution in [3.8, 4) is 17.1 Å². The van der Waals surface area contributed by atoms with E-state index in [1.165, 1.54) is 7.11 Å². The lowest BCUT2D eigenvalue weighted by molar-refractivity contribution is 0.246. The SMILES string of the molecule is CC[C@H]1CCCCN1S(=O)(=O)c1ccc(OC)c(-c2noc(C)n2)c1. The minimum absolute atomic E-state index is 0.0525. The molecule has 1 fully saturated rings. The molecule has 1 aromatic carbocycles. The van der Waals surface area contributed by atoms with Crippen molar-refractivity contribution < 1.29 is 17.7 Å². The molecule has 8 heteroatoms. The largest absolute Gasteiger partial charge is 0.496 e. The van der Waals surface area contributed by atoms with Crippen molar-refractivity contribution in [1.82, 2.24) is 14.4 Å². The van der Waals surface area contributed by atoms with E-state index in [0.717, 1.165) is 25.7 Å². The van der Waals surface area contributed by atoms with E-state index < -0.39 is 10.0 Å². The molecule has 7 nitrogen and oxygen atoms in total. The standard InChI is InChI=1S/C17H23N3O4S/c1-4-13-7-5-6-10-20(13)25(21,22)14-8-9-16(23-3)15(11-14)17-18-12(2)24-19-17/h8-9,11,13H,4-7,10H2,1-3H3/t13-/m0/s1. The molecule has 2 aromatic rings. The van der Waals surface area contributed by atoms with E-state index in [-0.39, 0.29) is 10.9 Å². The third-order valence-corrected chi connectivity index (χ3v) is 6.54. The molecule has 0 radical (unpaired) electrons. The van der Waals surface area contributed by atoms with E-state index in [1.807, 2.05) is 6.92 Å². The van der Waals surface area contributed by atoms with Crippen LogP contribution >= 0.6 is 0 Å². The maximum atomic E-state index is 13.2. The van der Waals surface area contributed by atoms with Crippen molar-refractivity contribution in [1.29, 1.82) is 0 Å². The van der Waals surface area contributed by atoms with Gasteiger partial charge in [0.25, 0.3) is 0 Å². The Morgan fingerprint density at radius 3 is 2.80 bits per heavy atom. The summed E-state index contributed by atoms with van der Waals surface area (Å²) in [7, 11) is -2.05. The number of ether oxygens (including phenoxy) is 1. The molecule has 0 spiro atoms. The fourth-order valence-corrected chi connectivity index (χ4v) is 5.06. The second kappa shape index (κ2) is 7.13. The summed E-state index contributed by atoms with van der Waals surface area (Å²) in [6, 6.07) is 4.83. The van der Waals surface area contributed by atoms with Crippen molar-refractivity contribution in [2.45, 2.75) is 50.5 Å². The van der Waals surface area contributed by atoms with Gasteiger partial charge in [0, 0.05) is 19.5 Å².